The Morgan fingerprint density at radius 3 is 2.79 bits per heavy atom. The maximum Gasteiger partial charge on any atom is 0.417 e. The number of alkyl halides is 3. The van der Waals surface area contributed by atoms with E-state index in [4.69, 9.17) is 0 Å². The van der Waals surface area contributed by atoms with Crippen LogP contribution in [0.4, 0.5) is 13.2 Å². The van der Waals surface area contributed by atoms with Crippen molar-refractivity contribution in [1.82, 2.24) is 9.97 Å². The fourth-order valence-electron chi connectivity index (χ4n) is 1.91. The van der Waals surface area contributed by atoms with Crippen LogP contribution in [0.1, 0.15) is 5.56 Å². The summed E-state index contributed by atoms with van der Waals surface area (Å²) < 4.78 is 39.0. The summed E-state index contributed by atoms with van der Waals surface area (Å²) in [6.45, 7) is 0. The van der Waals surface area contributed by atoms with Crippen LogP contribution in [0.3, 0.4) is 0 Å². The first kappa shape index (κ1) is 12.0. The number of nitrogens with one attached hydrogen (secondary N) is 1. The monoisotopic (exact) mass is 286 g/mol. The second-order valence-electron chi connectivity index (χ2n) is 3.86. The van der Waals surface area contributed by atoms with Crippen LogP contribution < -0.4 is 5.56 Å². The number of aromatic nitrogens is 2. The highest BCUT2D eigenvalue weighted by atomic mass is 32.1. The van der Waals surface area contributed by atoms with Crippen molar-refractivity contribution in [2.45, 2.75) is 6.18 Å². The molecule has 3 aromatic heterocycles. The van der Waals surface area contributed by atoms with Crippen LogP contribution >= 0.6 is 11.3 Å². The Morgan fingerprint density at radius 2 is 2.11 bits per heavy atom. The molecule has 0 aromatic carbocycles. The van der Waals surface area contributed by atoms with Crippen LogP contribution in [0.2, 0.25) is 0 Å². The lowest BCUT2D eigenvalue weighted by Gasteiger charge is -2.07. The third-order valence-corrected chi connectivity index (χ3v) is 3.77. The van der Waals surface area contributed by atoms with E-state index in [2.05, 4.69) is 9.97 Å². The maximum absolute atomic E-state index is 12.9. The van der Waals surface area contributed by atoms with Crippen LogP contribution in [0.25, 0.3) is 20.4 Å². The third-order valence-electron chi connectivity index (χ3n) is 2.65. The summed E-state index contributed by atoms with van der Waals surface area (Å²) in [7, 11) is 0. The molecule has 0 radical (unpaired) electrons. The fraction of sp³-hybridized carbons (Fsp3) is 0.0909. The molecule has 3 aromatic rings. The predicted molar refractivity (Wildman–Crippen MR) is 64.4 cm³/mol. The van der Waals surface area contributed by atoms with Crippen molar-refractivity contribution < 1.29 is 18.3 Å². The van der Waals surface area contributed by atoms with E-state index in [9.17, 15) is 23.1 Å². The highest BCUT2D eigenvalue weighted by Gasteiger charge is 2.34. The highest BCUT2D eigenvalue weighted by Crippen LogP contribution is 2.42. The molecule has 0 aliphatic rings. The number of hydrogen-bond donors (Lipinski definition) is 2. The number of fused-ring (bicyclic) bond motifs is 3. The molecule has 3 heterocycles. The number of halogens is 3. The van der Waals surface area contributed by atoms with Gasteiger partial charge in [-0.1, -0.05) is 0 Å². The number of nitrogens with zero attached hydrogens (tertiary/aromatic N) is 1. The summed E-state index contributed by atoms with van der Waals surface area (Å²) in [4.78, 5) is 17.6. The van der Waals surface area contributed by atoms with Crippen LogP contribution in [-0.4, -0.2) is 15.1 Å². The van der Waals surface area contributed by atoms with Crippen molar-refractivity contribution in [3.8, 4) is 5.75 Å². The number of hydrogen-bond acceptors (Lipinski definition) is 4. The number of thiophene rings is 1. The van der Waals surface area contributed by atoms with Crippen molar-refractivity contribution in [2.24, 2.45) is 0 Å². The Labute approximate surface area is 107 Å². The smallest absolute Gasteiger partial charge is 0.417 e. The molecule has 4 nitrogen and oxygen atoms in total. The molecular weight excluding hydrogens is 281 g/mol. The third kappa shape index (κ3) is 1.75. The van der Waals surface area contributed by atoms with Crippen LogP contribution in [0.15, 0.2) is 23.1 Å². The minimum Gasteiger partial charge on any atom is -0.506 e. The first-order chi connectivity index (χ1) is 8.88. The van der Waals surface area contributed by atoms with Crippen molar-refractivity contribution in [2.75, 3.05) is 0 Å². The predicted octanol–water partition coefficient (Wildman–Crippen LogP) is 2.86. The van der Waals surface area contributed by atoms with Gasteiger partial charge in [-0.2, -0.15) is 13.2 Å². The van der Waals surface area contributed by atoms with E-state index in [1.807, 2.05) is 0 Å². The summed E-state index contributed by atoms with van der Waals surface area (Å²) in [6.07, 6.45) is -3.51. The van der Waals surface area contributed by atoms with Crippen molar-refractivity contribution in [3.05, 3.63) is 34.2 Å². The number of pyridine rings is 2. The highest BCUT2D eigenvalue weighted by molar-refractivity contribution is 7.25. The molecule has 2 N–H and O–H groups in total. The van der Waals surface area contributed by atoms with Gasteiger partial charge in [0.2, 0.25) is 0 Å². The fourth-order valence-corrected chi connectivity index (χ4v) is 2.95. The van der Waals surface area contributed by atoms with Crippen molar-refractivity contribution in [1.29, 1.82) is 0 Å². The van der Waals surface area contributed by atoms with Gasteiger partial charge in [-0.3, -0.25) is 4.79 Å². The van der Waals surface area contributed by atoms with E-state index in [1.54, 1.807) is 0 Å². The van der Waals surface area contributed by atoms with Gasteiger partial charge in [0, 0.05) is 17.6 Å². The van der Waals surface area contributed by atoms with Gasteiger partial charge in [0.05, 0.1) is 15.8 Å². The summed E-state index contributed by atoms with van der Waals surface area (Å²) in [5.74, 6) is -0.352. The Balaban J connectivity index is 2.59. The van der Waals surface area contributed by atoms with Crippen LogP contribution in [0.5, 0.6) is 5.75 Å². The van der Waals surface area contributed by atoms with Gasteiger partial charge in [-0.25, -0.2) is 4.98 Å². The van der Waals surface area contributed by atoms with Gasteiger partial charge in [0.15, 0.2) is 0 Å². The quantitative estimate of drug-likeness (QED) is 0.668. The largest absolute Gasteiger partial charge is 0.506 e. The lowest BCUT2D eigenvalue weighted by molar-refractivity contribution is -0.136. The molecule has 0 spiro atoms. The molecule has 0 amide bonds. The van der Waals surface area contributed by atoms with Crippen LogP contribution in [0, 0.1) is 0 Å². The molecule has 0 saturated carbocycles. The topological polar surface area (TPSA) is 66.0 Å². The van der Waals surface area contributed by atoms with E-state index in [0.29, 0.717) is 0 Å². The summed E-state index contributed by atoms with van der Waals surface area (Å²) in [6, 6.07) is 1.77. The first-order valence-electron chi connectivity index (χ1n) is 5.08. The summed E-state index contributed by atoms with van der Waals surface area (Å²) in [5.41, 5.74) is -1.59. The number of H-pyrrole nitrogens is 1. The van der Waals surface area contributed by atoms with Gasteiger partial charge in [-0.05, 0) is 6.07 Å². The van der Waals surface area contributed by atoms with Gasteiger partial charge < -0.3 is 10.1 Å². The lowest BCUT2D eigenvalue weighted by Crippen LogP contribution is -2.07. The van der Waals surface area contributed by atoms with Gasteiger partial charge in [0.25, 0.3) is 5.56 Å². The normalized spacial score (nSPS) is 12.4. The van der Waals surface area contributed by atoms with E-state index in [-0.39, 0.29) is 26.2 Å². The molecule has 19 heavy (non-hydrogen) atoms. The lowest BCUT2D eigenvalue weighted by atomic mass is 10.1. The Morgan fingerprint density at radius 1 is 1.37 bits per heavy atom. The Hall–Kier alpha value is -2.09. The zero-order valence-corrected chi connectivity index (χ0v) is 9.89. The average Bonchev–Trinajstić information content (AvgIpc) is 2.67. The van der Waals surface area contributed by atoms with Gasteiger partial charge >= 0.3 is 6.18 Å². The molecule has 8 heteroatoms. The van der Waals surface area contributed by atoms with E-state index in [0.717, 1.165) is 29.7 Å². The average molecular weight is 286 g/mol. The molecule has 0 saturated heterocycles. The minimum absolute atomic E-state index is 0.0366. The van der Waals surface area contributed by atoms with Gasteiger partial charge in [0.1, 0.15) is 10.6 Å². The van der Waals surface area contributed by atoms with Gasteiger partial charge in [-0.15, -0.1) is 11.3 Å². The van der Waals surface area contributed by atoms with Crippen molar-refractivity contribution >= 4 is 31.8 Å². The van der Waals surface area contributed by atoms with E-state index in [1.165, 1.54) is 0 Å². The molecule has 0 fully saturated rings. The molecule has 0 bridgehead atoms. The second kappa shape index (κ2) is 3.70. The zero-order valence-electron chi connectivity index (χ0n) is 9.08. The summed E-state index contributed by atoms with van der Waals surface area (Å²) in [5, 5.41) is 9.44. The first-order valence-corrected chi connectivity index (χ1v) is 5.90. The maximum atomic E-state index is 12.9. The standard InChI is InChI=1S/C11H5F3N2O2S/c12-11(13,14)4-1-2-15-10-7(4)8-9(19-10)5(17)3-6(18)16-8/h1-3H,(H2,16,17,18). The molecular formula is C11H5F3N2O2S. The molecule has 0 aliphatic carbocycles. The van der Waals surface area contributed by atoms with E-state index >= 15 is 0 Å². The second-order valence-corrected chi connectivity index (χ2v) is 4.86. The molecule has 0 atom stereocenters. The summed E-state index contributed by atoms with van der Waals surface area (Å²) >= 11 is 0.896. The number of rotatable bonds is 0. The molecule has 0 unspecified atom stereocenters. The number of aromatic hydroxyl groups is 1. The number of aromatic amines is 1. The molecule has 0 aliphatic heterocycles. The van der Waals surface area contributed by atoms with Crippen molar-refractivity contribution in [3.63, 3.8) is 0 Å². The Kier molecular flexibility index (Phi) is 2.33. The minimum atomic E-state index is -4.56. The van der Waals surface area contributed by atoms with Crippen LogP contribution in [-0.2, 0) is 6.18 Å². The van der Waals surface area contributed by atoms with E-state index < -0.39 is 17.3 Å². The molecule has 98 valence electrons. The Bertz CT molecular complexity index is 851. The molecule has 3 rings (SSSR count). The zero-order chi connectivity index (χ0) is 13.8. The SMILES string of the molecule is O=c1cc(O)c2sc3nccc(C(F)(F)F)c3c2[nH]1.